The van der Waals surface area contributed by atoms with E-state index >= 15 is 0 Å². The highest BCUT2D eigenvalue weighted by Crippen LogP contribution is 2.24. The molecule has 5 heteroatoms. The third kappa shape index (κ3) is 4.28. The van der Waals surface area contributed by atoms with Crippen LogP contribution >= 0.6 is 0 Å². The van der Waals surface area contributed by atoms with Crippen LogP contribution in [0.4, 0.5) is 5.82 Å². The number of carbonyl (C=O) groups excluding carboxylic acids is 2. The smallest absolute Gasteiger partial charge is 0.233 e. The number of carbonyl (C=O) groups is 2. The van der Waals surface area contributed by atoms with Gasteiger partial charge in [0.15, 0.2) is 0 Å². The van der Waals surface area contributed by atoms with Gasteiger partial charge in [-0.1, -0.05) is 49.7 Å². The molecule has 1 aromatic heterocycles. The third-order valence-corrected chi connectivity index (χ3v) is 4.72. The summed E-state index contributed by atoms with van der Waals surface area (Å²) in [5, 5.41) is 0. The number of pyridine rings is 1. The molecule has 1 atom stereocenters. The predicted molar refractivity (Wildman–Crippen MR) is 101 cm³/mol. The van der Waals surface area contributed by atoms with Gasteiger partial charge in [0.1, 0.15) is 5.82 Å². The summed E-state index contributed by atoms with van der Waals surface area (Å²) in [6.45, 7) is 3.80. The van der Waals surface area contributed by atoms with Gasteiger partial charge in [-0.05, 0) is 24.1 Å². The second-order valence-electron chi connectivity index (χ2n) is 6.69. The van der Waals surface area contributed by atoms with Crippen molar-refractivity contribution in [3.8, 4) is 0 Å². The summed E-state index contributed by atoms with van der Waals surface area (Å²) >= 11 is 0. The van der Waals surface area contributed by atoms with E-state index in [1.165, 1.54) is 0 Å². The maximum absolute atomic E-state index is 13.2. The quantitative estimate of drug-likeness (QED) is 0.769. The van der Waals surface area contributed by atoms with Gasteiger partial charge in [0.2, 0.25) is 11.8 Å². The first-order valence-electron chi connectivity index (χ1n) is 9.23. The molecule has 0 radical (unpaired) electrons. The summed E-state index contributed by atoms with van der Waals surface area (Å²) in [5.74, 6) is 0.378. The highest BCUT2D eigenvalue weighted by atomic mass is 16.2. The van der Waals surface area contributed by atoms with Crippen LogP contribution in [-0.4, -0.2) is 34.8 Å². The van der Waals surface area contributed by atoms with Gasteiger partial charge in [0, 0.05) is 25.7 Å². The highest BCUT2D eigenvalue weighted by Gasteiger charge is 2.36. The van der Waals surface area contributed by atoms with Crippen molar-refractivity contribution < 1.29 is 9.59 Å². The summed E-state index contributed by atoms with van der Waals surface area (Å²) in [5.41, 5.74) is 1.04. The maximum Gasteiger partial charge on any atom is 0.233 e. The number of hydrogen-bond acceptors (Lipinski definition) is 3. The van der Waals surface area contributed by atoms with Gasteiger partial charge in [-0.3, -0.25) is 14.5 Å². The Morgan fingerprint density at radius 3 is 2.65 bits per heavy atom. The van der Waals surface area contributed by atoms with Crippen LogP contribution in [0.5, 0.6) is 0 Å². The number of likely N-dealkylation sites (tertiary alicyclic amines) is 1. The zero-order valence-corrected chi connectivity index (χ0v) is 15.2. The van der Waals surface area contributed by atoms with Crippen LogP contribution < -0.4 is 4.90 Å². The number of anilines is 1. The van der Waals surface area contributed by atoms with Crippen LogP contribution in [0.3, 0.4) is 0 Å². The Bertz CT molecular complexity index is 733. The van der Waals surface area contributed by atoms with Crippen LogP contribution in [0.1, 0.15) is 31.7 Å². The van der Waals surface area contributed by atoms with Crippen molar-refractivity contribution in [3.63, 3.8) is 0 Å². The van der Waals surface area contributed by atoms with E-state index in [0.717, 1.165) is 24.9 Å². The molecule has 0 bridgehead atoms. The number of amides is 2. The van der Waals surface area contributed by atoms with Crippen LogP contribution in [0, 0.1) is 5.92 Å². The Hall–Kier alpha value is -2.69. The molecule has 0 aliphatic carbocycles. The van der Waals surface area contributed by atoms with Crippen molar-refractivity contribution in [2.75, 3.05) is 18.0 Å². The van der Waals surface area contributed by atoms with Gasteiger partial charge in [0.05, 0.1) is 12.5 Å². The lowest BCUT2D eigenvalue weighted by Crippen LogP contribution is -2.37. The van der Waals surface area contributed by atoms with Gasteiger partial charge in [-0.15, -0.1) is 0 Å². The third-order valence-electron chi connectivity index (χ3n) is 4.72. The number of benzene rings is 1. The maximum atomic E-state index is 13.2. The Balaban J connectivity index is 1.78. The van der Waals surface area contributed by atoms with Crippen molar-refractivity contribution in [2.45, 2.75) is 32.7 Å². The second kappa shape index (κ2) is 8.61. The van der Waals surface area contributed by atoms with Crippen molar-refractivity contribution in [1.82, 2.24) is 9.88 Å². The summed E-state index contributed by atoms with van der Waals surface area (Å²) < 4.78 is 0. The molecule has 1 aromatic carbocycles. The van der Waals surface area contributed by atoms with E-state index in [0.29, 0.717) is 25.3 Å². The number of unbranched alkanes of at least 4 members (excludes halogenated alkanes) is 1. The lowest BCUT2D eigenvalue weighted by molar-refractivity contribution is -0.128. The molecular weight excluding hydrogens is 326 g/mol. The molecule has 3 rings (SSSR count). The van der Waals surface area contributed by atoms with E-state index in [9.17, 15) is 9.59 Å². The number of aromatic nitrogens is 1. The van der Waals surface area contributed by atoms with Crippen molar-refractivity contribution in [1.29, 1.82) is 0 Å². The summed E-state index contributed by atoms with van der Waals surface area (Å²) in [4.78, 5) is 33.4. The molecule has 1 fully saturated rings. The predicted octanol–water partition coefficient (Wildman–Crippen LogP) is 3.26. The van der Waals surface area contributed by atoms with Crippen LogP contribution in [0.2, 0.25) is 0 Å². The van der Waals surface area contributed by atoms with Gasteiger partial charge in [-0.25, -0.2) is 4.98 Å². The molecule has 1 unspecified atom stereocenters. The Kier molecular flexibility index (Phi) is 6.00. The molecular formula is C21H25N3O2. The fourth-order valence-electron chi connectivity index (χ4n) is 3.27. The topological polar surface area (TPSA) is 53.5 Å². The van der Waals surface area contributed by atoms with Crippen molar-refractivity contribution in [3.05, 3.63) is 60.3 Å². The minimum atomic E-state index is -0.301. The largest absolute Gasteiger partial charge is 0.342 e. The van der Waals surface area contributed by atoms with Crippen LogP contribution in [0.15, 0.2) is 54.7 Å². The number of hydrogen-bond donors (Lipinski definition) is 0. The van der Waals surface area contributed by atoms with E-state index < -0.39 is 0 Å². The number of rotatable bonds is 7. The second-order valence-corrected chi connectivity index (χ2v) is 6.69. The van der Waals surface area contributed by atoms with E-state index in [4.69, 9.17) is 0 Å². The molecule has 2 amide bonds. The summed E-state index contributed by atoms with van der Waals surface area (Å²) in [6, 6.07) is 15.4. The molecule has 1 saturated heterocycles. The van der Waals surface area contributed by atoms with E-state index in [-0.39, 0.29) is 17.7 Å². The molecule has 136 valence electrons. The van der Waals surface area contributed by atoms with Crippen LogP contribution in [-0.2, 0) is 16.1 Å². The van der Waals surface area contributed by atoms with E-state index in [1.807, 2.05) is 53.4 Å². The average Bonchev–Trinajstić information content (AvgIpc) is 3.06. The molecule has 5 nitrogen and oxygen atoms in total. The fourth-order valence-corrected chi connectivity index (χ4v) is 3.27. The van der Waals surface area contributed by atoms with E-state index in [1.54, 1.807) is 11.1 Å². The lowest BCUT2D eigenvalue weighted by Gasteiger charge is -2.25. The van der Waals surface area contributed by atoms with Crippen molar-refractivity contribution in [2.24, 2.45) is 5.92 Å². The molecule has 26 heavy (non-hydrogen) atoms. The SMILES string of the molecule is CCCCN1CC(C(=O)N(Cc2ccccc2)c2ccccn2)CC1=O. The zero-order chi connectivity index (χ0) is 18.4. The molecule has 1 aliphatic heterocycles. The molecule has 0 saturated carbocycles. The van der Waals surface area contributed by atoms with Gasteiger partial charge < -0.3 is 4.90 Å². The van der Waals surface area contributed by atoms with Gasteiger partial charge in [0.25, 0.3) is 0 Å². The molecule has 0 N–H and O–H groups in total. The molecule has 2 aromatic rings. The van der Waals surface area contributed by atoms with Crippen molar-refractivity contribution >= 4 is 17.6 Å². The Morgan fingerprint density at radius 2 is 1.96 bits per heavy atom. The lowest BCUT2D eigenvalue weighted by atomic mass is 10.1. The first-order valence-corrected chi connectivity index (χ1v) is 9.23. The van der Waals surface area contributed by atoms with Crippen LogP contribution in [0.25, 0.3) is 0 Å². The van der Waals surface area contributed by atoms with Gasteiger partial charge >= 0.3 is 0 Å². The summed E-state index contributed by atoms with van der Waals surface area (Å²) in [6.07, 6.45) is 3.99. The Morgan fingerprint density at radius 1 is 1.19 bits per heavy atom. The van der Waals surface area contributed by atoms with Gasteiger partial charge in [-0.2, -0.15) is 0 Å². The standard InChI is InChI=1S/C21H25N3O2/c1-2-3-13-23-16-18(14-20(23)25)21(26)24(19-11-7-8-12-22-19)15-17-9-5-4-6-10-17/h4-12,18H,2-3,13-16H2,1H3. The molecule has 2 heterocycles. The Labute approximate surface area is 154 Å². The molecule has 1 aliphatic rings. The normalized spacial score (nSPS) is 16.7. The highest BCUT2D eigenvalue weighted by molar-refractivity contribution is 5.98. The summed E-state index contributed by atoms with van der Waals surface area (Å²) in [7, 11) is 0. The number of nitrogens with zero attached hydrogens (tertiary/aromatic N) is 3. The average molecular weight is 351 g/mol. The molecule has 0 spiro atoms. The zero-order valence-electron chi connectivity index (χ0n) is 15.2. The van der Waals surface area contributed by atoms with E-state index in [2.05, 4.69) is 11.9 Å². The minimum absolute atomic E-state index is 0.0279. The first-order chi connectivity index (χ1) is 12.7. The monoisotopic (exact) mass is 351 g/mol. The fraction of sp³-hybridized carbons (Fsp3) is 0.381. The minimum Gasteiger partial charge on any atom is -0.342 e. The first kappa shape index (κ1) is 18.1.